The second-order valence-corrected chi connectivity index (χ2v) is 8.90. The molecule has 6 nitrogen and oxygen atoms in total. The van der Waals surface area contributed by atoms with Crippen molar-refractivity contribution in [2.45, 2.75) is 37.6 Å². The van der Waals surface area contributed by atoms with E-state index in [1.807, 2.05) is 17.0 Å². The van der Waals surface area contributed by atoms with E-state index < -0.39 is 5.41 Å². The summed E-state index contributed by atoms with van der Waals surface area (Å²) in [4.78, 5) is 31.7. The van der Waals surface area contributed by atoms with Gasteiger partial charge >= 0.3 is 0 Å². The van der Waals surface area contributed by atoms with Crippen molar-refractivity contribution >= 4 is 34.6 Å². The zero-order valence-electron chi connectivity index (χ0n) is 17.5. The summed E-state index contributed by atoms with van der Waals surface area (Å²) >= 11 is 0. The van der Waals surface area contributed by atoms with Gasteiger partial charge in [0.05, 0.1) is 5.41 Å². The number of carbonyl (C=O) groups is 2. The second-order valence-electron chi connectivity index (χ2n) is 8.90. The third-order valence-electron chi connectivity index (χ3n) is 7.34. The number of hydrogen-bond donors (Lipinski definition) is 1. The molecular weight excluding hydrogens is 388 g/mol. The number of hydrogen-bond acceptors (Lipinski definition) is 3. The zero-order chi connectivity index (χ0) is 21.2. The molecule has 2 amide bonds. The highest BCUT2D eigenvalue weighted by molar-refractivity contribution is 6.06. The Kier molecular flexibility index (Phi) is 3.88. The Balaban J connectivity index is 1.24. The van der Waals surface area contributed by atoms with Crippen molar-refractivity contribution < 1.29 is 9.59 Å². The Labute approximate surface area is 180 Å². The number of fused-ring (bicyclic) bond motifs is 5. The number of anilines is 1. The van der Waals surface area contributed by atoms with Crippen LogP contribution in [0.5, 0.6) is 0 Å². The molecule has 1 N–H and O–H groups in total. The number of aromatic nitrogens is 2. The van der Waals surface area contributed by atoms with Crippen LogP contribution in [0.1, 0.15) is 41.6 Å². The van der Waals surface area contributed by atoms with Crippen molar-refractivity contribution in [1.29, 1.82) is 0 Å². The lowest BCUT2D eigenvalue weighted by atomic mass is 9.65. The molecule has 4 heterocycles. The fourth-order valence-corrected chi connectivity index (χ4v) is 5.40. The van der Waals surface area contributed by atoms with Crippen LogP contribution in [0.4, 0.5) is 5.82 Å². The van der Waals surface area contributed by atoms with Crippen LogP contribution in [0, 0.1) is 0 Å². The molecule has 1 aliphatic carbocycles. The molecule has 2 aliphatic heterocycles. The Morgan fingerprint density at radius 1 is 1.26 bits per heavy atom. The highest BCUT2D eigenvalue weighted by Gasteiger charge is 2.51. The summed E-state index contributed by atoms with van der Waals surface area (Å²) in [5, 5.41) is 4.14. The number of pyridine rings is 1. The van der Waals surface area contributed by atoms with E-state index >= 15 is 0 Å². The van der Waals surface area contributed by atoms with Crippen molar-refractivity contribution in [2.24, 2.45) is 7.05 Å². The van der Waals surface area contributed by atoms with Gasteiger partial charge in [0.25, 0.3) is 0 Å². The maximum Gasteiger partial charge on any atom is 0.246 e. The molecule has 0 radical (unpaired) electrons. The van der Waals surface area contributed by atoms with E-state index in [-0.39, 0.29) is 11.8 Å². The predicted octanol–water partition coefficient (Wildman–Crippen LogP) is 3.55. The summed E-state index contributed by atoms with van der Waals surface area (Å²) in [6.45, 7) is 1.34. The summed E-state index contributed by atoms with van der Waals surface area (Å²) in [5.74, 6) is 0.747. The van der Waals surface area contributed by atoms with Gasteiger partial charge in [0.1, 0.15) is 5.82 Å². The van der Waals surface area contributed by atoms with Crippen LogP contribution in [0.2, 0.25) is 0 Å². The number of carbonyl (C=O) groups excluding carboxylic acids is 2. The number of benzene rings is 1. The first-order valence-corrected chi connectivity index (χ1v) is 10.9. The number of amides is 2. The van der Waals surface area contributed by atoms with Gasteiger partial charge in [0.2, 0.25) is 11.8 Å². The number of rotatable bonds is 2. The first-order chi connectivity index (χ1) is 15.1. The topological polar surface area (TPSA) is 67.2 Å². The normalized spacial score (nSPS) is 18.9. The molecular formula is C25H24N4O2. The highest BCUT2D eigenvalue weighted by Crippen LogP contribution is 2.50. The molecule has 0 atom stereocenters. The van der Waals surface area contributed by atoms with Gasteiger partial charge in [-0.25, -0.2) is 4.98 Å². The third kappa shape index (κ3) is 2.60. The van der Waals surface area contributed by atoms with Crippen LogP contribution in [0.15, 0.2) is 42.6 Å². The van der Waals surface area contributed by atoms with E-state index in [4.69, 9.17) is 0 Å². The van der Waals surface area contributed by atoms with E-state index in [0.717, 1.165) is 36.8 Å². The van der Waals surface area contributed by atoms with Gasteiger partial charge in [-0.1, -0.05) is 24.6 Å². The lowest BCUT2D eigenvalue weighted by Crippen LogP contribution is -2.40. The fraction of sp³-hybridized carbons (Fsp3) is 0.320. The van der Waals surface area contributed by atoms with Gasteiger partial charge in [0, 0.05) is 66.6 Å². The zero-order valence-corrected chi connectivity index (χ0v) is 17.5. The summed E-state index contributed by atoms with van der Waals surface area (Å²) in [5.41, 5.74) is 5.24. The third-order valence-corrected chi connectivity index (χ3v) is 7.34. The van der Waals surface area contributed by atoms with Crippen LogP contribution in [0.3, 0.4) is 0 Å². The van der Waals surface area contributed by atoms with Gasteiger partial charge in [0.15, 0.2) is 0 Å². The fourth-order valence-electron chi connectivity index (χ4n) is 5.40. The molecule has 0 saturated heterocycles. The first kappa shape index (κ1) is 18.4. The molecule has 31 heavy (non-hydrogen) atoms. The van der Waals surface area contributed by atoms with Crippen LogP contribution >= 0.6 is 0 Å². The van der Waals surface area contributed by atoms with Crippen molar-refractivity contribution in [3.8, 4) is 0 Å². The largest absolute Gasteiger partial charge is 0.347 e. The van der Waals surface area contributed by atoms with E-state index in [9.17, 15) is 9.59 Å². The average molecular weight is 412 g/mol. The van der Waals surface area contributed by atoms with Crippen LogP contribution in [-0.4, -0.2) is 32.8 Å². The molecule has 156 valence electrons. The Morgan fingerprint density at radius 2 is 2.10 bits per heavy atom. The van der Waals surface area contributed by atoms with E-state index in [0.29, 0.717) is 18.9 Å². The molecule has 1 aromatic carbocycles. The van der Waals surface area contributed by atoms with Gasteiger partial charge in [-0.2, -0.15) is 0 Å². The molecule has 1 saturated carbocycles. The summed E-state index contributed by atoms with van der Waals surface area (Å²) in [6.07, 6.45) is 8.86. The lowest BCUT2D eigenvalue weighted by Gasteiger charge is -2.35. The number of nitrogens with one attached hydrogen (secondary N) is 1. The summed E-state index contributed by atoms with van der Waals surface area (Å²) in [7, 11) is 2.11. The Hall–Kier alpha value is -3.41. The Bertz CT molecular complexity index is 1280. The number of para-hydroxylation sites is 1. The van der Waals surface area contributed by atoms with E-state index in [2.05, 4.69) is 46.2 Å². The van der Waals surface area contributed by atoms with Gasteiger partial charge < -0.3 is 14.8 Å². The lowest BCUT2D eigenvalue weighted by molar-refractivity contribution is -0.127. The van der Waals surface area contributed by atoms with Gasteiger partial charge in [-0.3, -0.25) is 9.59 Å². The van der Waals surface area contributed by atoms with Crippen molar-refractivity contribution in [3.63, 3.8) is 0 Å². The van der Waals surface area contributed by atoms with E-state index in [1.165, 1.54) is 22.2 Å². The average Bonchev–Trinajstić information content (AvgIpc) is 3.22. The van der Waals surface area contributed by atoms with Gasteiger partial charge in [-0.15, -0.1) is 0 Å². The van der Waals surface area contributed by atoms with Crippen LogP contribution < -0.4 is 5.32 Å². The SMILES string of the molecule is Cn1c2c(c3ccccc31)CN(C(=O)/C=C/c1cnc3c(c1)C1(CCC1)C(=O)N3)CC2. The van der Waals surface area contributed by atoms with E-state index in [1.54, 1.807) is 12.3 Å². The minimum absolute atomic E-state index is 0.00615. The molecule has 6 heteroatoms. The molecule has 1 fully saturated rings. The second kappa shape index (κ2) is 6.54. The minimum atomic E-state index is -0.395. The molecule has 3 aliphatic rings. The maximum atomic E-state index is 13.0. The molecule has 2 aromatic heterocycles. The predicted molar refractivity (Wildman–Crippen MR) is 119 cm³/mol. The van der Waals surface area contributed by atoms with Gasteiger partial charge in [-0.05, 0) is 36.6 Å². The van der Waals surface area contributed by atoms with Crippen molar-refractivity contribution in [2.75, 3.05) is 11.9 Å². The minimum Gasteiger partial charge on any atom is -0.347 e. The van der Waals surface area contributed by atoms with Crippen LogP contribution in [0.25, 0.3) is 17.0 Å². The number of nitrogens with zero attached hydrogens (tertiary/aromatic N) is 3. The van der Waals surface area contributed by atoms with Crippen molar-refractivity contribution in [1.82, 2.24) is 14.5 Å². The highest BCUT2D eigenvalue weighted by atomic mass is 16.2. The number of aryl methyl sites for hydroxylation is 1. The maximum absolute atomic E-state index is 13.0. The first-order valence-electron chi connectivity index (χ1n) is 10.9. The molecule has 0 bridgehead atoms. The molecule has 1 spiro atoms. The molecule has 0 unspecified atom stereocenters. The quantitative estimate of drug-likeness (QED) is 0.655. The van der Waals surface area contributed by atoms with Crippen LogP contribution in [-0.2, 0) is 35.0 Å². The Morgan fingerprint density at radius 3 is 2.90 bits per heavy atom. The summed E-state index contributed by atoms with van der Waals surface area (Å²) in [6, 6.07) is 10.4. The van der Waals surface area contributed by atoms with Crippen molar-refractivity contribution in [3.05, 3.63) is 65.0 Å². The standard InChI is InChI=1S/C25H24N4O2/c1-28-20-6-3-2-5-17(20)18-15-29(12-9-21(18)28)22(30)8-7-16-13-19-23(26-14-16)27-24(31)25(19)10-4-11-25/h2-3,5-8,13-14H,4,9-12,15H2,1H3,(H,26,27,31)/b8-7+. The molecule has 6 rings (SSSR count). The molecule has 3 aromatic rings. The summed E-state index contributed by atoms with van der Waals surface area (Å²) < 4.78 is 2.25. The monoisotopic (exact) mass is 412 g/mol. The smallest absolute Gasteiger partial charge is 0.246 e.